The second-order valence-electron chi connectivity index (χ2n) is 4.08. The predicted molar refractivity (Wildman–Crippen MR) is 70.3 cm³/mol. The molecule has 0 bridgehead atoms. The van der Waals surface area contributed by atoms with Crippen LogP contribution in [0.25, 0.3) is 0 Å². The van der Waals surface area contributed by atoms with Crippen LogP contribution < -0.4 is 0 Å². The molecule has 16 heavy (non-hydrogen) atoms. The smallest absolute Gasteiger partial charge is 0.0672 e. The first-order valence-electron chi connectivity index (χ1n) is 5.93. The van der Waals surface area contributed by atoms with Crippen LogP contribution in [0.5, 0.6) is 0 Å². The van der Waals surface area contributed by atoms with Gasteiger partial charge in [0.1, 0.15) is 0 Å². The van der Waals surface area contributed by atoms with Crippen molar-refractivity contribution in [3.63, 3.8) is 0 Å². The van der Waals surface area contributed by atoms with Crippen LogP contribution in [-0.2, 0) is 12.8 Å². The van der Waals surface area contributed by atoms with E-state index in [1.165, 1.54) is 11.1 Å². The van der Waals surface area contributed by atoms with Crippen molar-refractivity contribution in [1.29, 1.82) is 0 Å². The number of hydrogen-bond acceptors (Lipinski definition) is 2. The minimum absolute atomic E-state index is 0.944. The summed E-state index contributed by atoms with van der Waals surface area (Å²) >= 11 is 0. The summed E-state index contributed by atoms with van der Waals surface area (Å²) in [6.45, 7) is 4.30. The van der Waals surface area contributed by atoms with Crippen molar-refractivity contribution in [3.8, 4) is 0 Å². The van der Waals surface area contributed by atoms with Gasteiger partial charge < -0.3 is 0 Å². The van der Waals surface area contributed by atoms with Crippen LogP contribution in [-0.4, -0.2) is 18.5 Å². The zero-order valence-electron chi connectivity index (χ0n) is 10.2. The van der Waals surface area contributed by atoms with E-state index >= 15 is 0 Å². The van der Waals surface area contributed by atoms with Crippen molar-refractivity contribution >= 4 is 17.1 Å². The molecular weight excluding hydrogens is 196 g/mol. The van der Waals surface area contributed by atoms with E-state index < -0.39 is 0 Å². The fraction of sp³-hybridized carbons (Fsp3) is 0.429. The van der Waals surface area contributed by atoms with Crippen molar-refractivity contribution < 1.29 is 0 Å². The first-order chi connectivity index (χ1) is 7.78. The van der Waals surface area contributed by atoms with Gasteiger partial charge in [0.2, 0.25) is 0 Å². The first kappa shape index (κ1) is 11.1. The van der Waals surface area contributed by atoms with Gasteiger partial charge in [-0.15, -0.1) is 0 Å². The minimum atomic E-state index is 0.944. The highest BCUT2D eigenvalue weighted by atomic mass is 14.8. The van der Waals surface area contributed by atoms with E-state index in [1.807, 2.05) is 7.05 Å². The molecule has 84 valence electrons. The molecule has 0 spiro atoms. The third kappa shape index (κ3) is 1.92. The van der Waals surface area contributed by atoms with Gasteiger partial charge in [-0.3, -0.25) is 9.98 Å². The van der Waals surface area contributed by atoms with Gasteiger partial charge in [-0.05, 0) is 30.0 Å². The highest BCUT2D eigenvalue weighted by Gasteiger charge is 2.17. The maximum absolute atomic E-state index is 4.69. The Morgan fingerprint density at radius 2 is 2.19 bits per heavy atom. The van der Waals surface area contributed by atoms with Crippen LogP contribution >= 0.6 is 0 Å². The molecule has 1 aliphatic rings. The van der Waals surface area contributed by atoms with Crippen LogP contribution in [0, 0.1) is 0 Å². The summed E-state index contributed by atoms with van der Waals surface area (Å²) in [5.41, 5.74) is 6.11. The van der Waals surface area contributed by atoms with Crippen LogP contribution in [0.1, 0.15) is 31.4 Å². The molecule has 1 heterocycles. The molecule has 1 aromatic rings. The fourth-order valence-electron chi connectivity index (χ4n) is 2.11. The number of rotatable bonds is 3. The first-order valence-corrected chi connectivity index (χ1v) is 5.93. The van der Waals surface area contributed by atoms with Crippen molar-refractivity contribution in [3.05, 3.63) is 29.3 Å². The molecule has 2 heteroatoms. The Hall–Kier alpha value is -1.44. The van der Waals surface area contributed by atoms with E-state index in [2.05, 4.69) is 42.0 Å². The van der Waals surface area contributed by atoms with Gasteiger partial charge in [-0.1, -0.05) is 26.0 Å². The molecule has 0 saturated heterocycles. The van der Waals surface area contributed by atoms with Crippen molar-refractivity contribution in [2.45, 2.75) is 33.1 Å². The number of benzene rings is 1. The molecule has 0 atom stereocenters. The molecular formula is C14H18N2. The standard InChI is InChI=1S/C14H18N2/c1-4-10-6-7-11-9-14(12(5-2)15-3)16-13(11)8-10/h6-8H,4-5,9H2,1-3H3. The lowest BCUT2D eigenvalue weighted by molar-refractivity contribution is 1.13. The quantitative estimate of drug-likeness (QED) is 0.689. The predicted octanol–water partition coefficient (Wildman–Crippen LogP) is 3.36. The van der Waals surface area contributed by atoms with Gasteiger partial charge in [0.15, 0.2) is 0 Å². The molecule has 0 N–H and O–H groups in total. The number of fused-ring (bicyclic) bond motifs is 1. The lowest BCUT2D eigenvalue weighted by atomic mass is 10.0. The van der Waals surface area contributed by atoms with Crippen molar-refractivity contribution in [2.75, 3.05) is 7.05 Å². The Bertz CT molecular complexity index is 456. The summed E-state index contributed by atoms with van der Waals surface area (Å²) in [6.07, 6.45) is 2.98. The zero-order chi connectivity index (χ0) is 11.5. The summed E-state index contributed by atoms with van der Waals surface area (Å²) in [5.74, 6) is 0. The van der Waals surface area contributed by atoms with Crippen LogP contribution in [0.2, 0.25) is 0 Å². The molecule has 2 rings (SSSR count). The Balaban J connectivity index is 2.33. The Labute approximate surface area is 97.1 Å². The molecule has 2 nitrogen and oxygen atoms in total. The zero-order valence-corrected chi connectivity index (χ0v) is 10.2. The van der Waals surface area contributed by atoms with Gasteiger partial charge in [0, 0.05) is 13.5 Å². The topological polar surface area (TPSA) is 24.7 Å². The highest BCUT2D eigenvalue weighted by Crippen LogP contribution is 2.28. The Morgan fingerprint density at radius 1 is 1.38 bits per heavy atom. The van der Waals surface area contributed by atoms with Gasteiger partial charge in [0.25, 0.3) is 0 Å². The molecule has 0 aromatic heterocycles. The SMILES string of the molecule is CCC(=NC)C1=Nc2cc(CC)ccc2C1. The van der Waals surface area contributed by atoms with E-state index in [-0.39, 0.29) is 0 Å². The van der Waals surface area contributed by atoms with Gasteiger partial charge in [-0.25, -0.2) is 0 Å². The highest BCUT2D eigenvalue weighted by molar-refractivity contribution is 6.44. The number of nitrogens with zero attached hydrogens (tertiary/aromatic N) is 2. The number of aliphatic imine (C=N–C) groups is 2. The minimum Gasteiger partial charge on any atom is -0.291 e. The molecule has 0 saturated carbocycles. The van der Waals surface area contributed by atoms with Gasteiger partial charge >= 0.3 is 0 Å². The van der Waals surface area contributed by atoms with E-state index in [4.69, 9.17) is 0 Å². The maximum atomic E-state index is 4.69. The van der Waals surface area contributed by atoms with E-state index in [9.17, 15) is 0 Å². The summed E-state index contributed by atoms with van der Waals surface area (Å²) in [6, 6.07) is 6.60. The molecule has 1 aromatic carbocycles. The molecule has 0 amide bonds. The van der Waals surface area contributed by atoms with Crippen LogP contribution in [0.3, 0.4) is 0 Å². The fourth-order valence-corrected chi connectivity index (χ4v) is 2.11. The normalized spacial score (nSPS) is 14.9. The Kier molecular flexibility index (Phi) is 3.18. The van der Waals surface area contributed by atoms with Crippen LogP contribution in [0.15, 0.2) is 28.2 Å². The Morgan fingerprint density at radius 3 is 2.81 bits per heavy atom. The average molecular weight is 214 g/mol. The number of hydrogen-bond donors (Lipinski definition) is 0. The summed E-state index contributed by atoms with van der Waals surface area (Å²) in [5, 5.41) is 0. The third-order valence-electron chi connectivity index (χ3n) is 3.11. The van der Waals surface area contributed by atoms with E-state index in [0.29, 0.717) is 0 Å². The molecule has 0 fully saturated rings. The van der Waals surface area contributed by atoms with Crippen molar-refractivity contribution in [1.82, 2.24) is 0 Å². The lowest BCUT2D eigenvalue weighted by Crippen LogP contribution is -2.12. The second-order valence-corrected chi connectivity index (χ2v) is 4.08. The lowest BCUT2D eigenvalue weighted by Gasteiger charge is -2.00. The van der Waals surface area contributed by atoms with Gasteiger partial charge in [-0.2, -0.15) is 0 Å². The number of aryl methyl sites for hydroxylation is 1. The summed E-state index contributed by atoms with van der Waals surface area (Å²) in [4.78, 5) is 8.99. The van der Waals surface area contributed by atoms with Crippen LogP contribution in [0.4, 0.5) is 5.69 Å². The second kappa shape index (κ2) is 4.60. The molecule has 1 aliphatic heterocycles. The average Bonchev–Trinajstić information content (AvgIpc) is 2.72. The molecule has 0 unspecified atom stereocenters. The van der Waals surface area contributed by atoms with Crippen molar-refractivity contribution in [2.24, 2.45) is 9.98 Å². The monoisotopic (exact) mass is 214 g/mol. The summed E-state index contributed by atoms with van der Waals surface area (Å²) in [7, 11) is 1.85. The molecule has 0 radical (unpaired) electrons. The maximum Gasteiger partial charge on any atom is 0.0672 e. The largest absolute Gasteiger partial charge is 0.291 e. The van der Waals surface area contributed by atoms with E-state index in [1.54, 1.807) is 0 Å². The summed E-state index contributed by atoms with van der Waals surface area (Å²) < 4.78 is 0. The third-order valence-corrected chi connectivity index (χ3v) is 3.11. The van der Waals surface area contributed by atoms with E-state index in [0.717, 1.165) is 36.4 Å². The molecule has 0 aliphatic carbocycles. The van der Waals surface area contributed by atoms with Gasteiger partial charge in [0.05, 0.1) is 17.1 Å².